The average molecular weight is 555 g/mol. The molecule has 4 aromatic rings. The van der Waals surface area contributed by atoms with Crippen LogP contribution in [0.5, 0.6) is 0 Å². The maximum atomic E-state index is 13.2. The highest BCUT2D eigenvalue weighted by atomic mass is 35.5. The standard InChI is InChI=1S/C27H24Cl2N4O3S/c1-33(15-14-19-8-3-2-4-9-19)27-30-18-22(24(31-27)17-20-10-7-11-21(28)16-20)26(34)32-37(35,36)25-13-6-5-12-23(25)29/h2-13,16,18H,14-15,17H2,1H3,(H,32,34). The fraction of sp³-hybridized carbons (Fsp3) is 0.148. The molecule has 190 valence electrons. The van der Waals surface area contributed by atoms with Crippen molar-refractivity contribution in [2.75, 3.05) is 18.5 Å². The van der Waals surface area contributed by atoms with Gasteiger partial charge < -0.3 is 4.90 Å². The zero-order valence-corrected chi connectivity index (χ0v) is 22.3. The van der Waals surface area contributed by atoms with E-state index in [1.54, 1.807) is 24.3 Å². The van der Waals surface area contributed by atoms with Crippen LogP contribution in [-0.4, -0.2) is 37.9 Å². The maximum Gasteiger partial charge on any atom is 0.268 e. The average Bonchev–Trinajstić information content (AvgIpc) is 2.87. The summed E-state index contributed by atoms with van der Waals surface area (Å²) in [5, 5.41) is 0.549. The number of nitrogens with one attached hydrogen (secondary N) is 1. The van der Waals surface area contributed by atoms with E-state index in [-0.39, 0.29) is 21.9 Å². The maximum absolute atomic E-state index is 13.2. The Bertz CT molecular complexity index is 1520. The number of halogens is 2. The number of hydrogen-bond acceptors (Lipinski definition) is 6. The van der Waals surface area contributed by atoms with Gasteiger partial charge >= 0.3 is 0 Å². The predicted molar refractivity (Wildman–Crippen MR) is 146 cm³/mol. The fourth-order valence-electron chi connectivity index (χ4n) is 3.69. The van der Waals surface area contributed by atoms with Gasteiger partial charge in [-0.15, -0.1) is 0 Å². The van der Waals surface area contributed by atoms with Crippen LogP contribution in [0.4, 0.5) is 5.95 Å². The molecule has 0 aliphatic heterocycles. The van der Waals surface area contributed by atoms with Gasteiger partial charge in [-0.1, -0.05) is 77.8 Å². The van der Waals surface area contributed by atoms with Gasteiger partial charge in [0.05, 0.1) is 16.3 Å². The molecular formula is C27H24Cl2N4O3S. The first kappa shape index (κ1) is 26.6. The summed E-state index contributed by atoms with van der Waals surface area (Å²) >= 11 is 12.2. The Hall–Kier alpha value is -3.46. The molecule has 37 heavy (non-hydrogen) atoms. The van der Waals surface area contributed by atoms with Crippen molar-refractivity contribution in [1.29, 1.82) is 0 Å². The number of aromatic nitrogens is 2. The van der Waals surface area contributed by atoms with Crippen LogP contribution in [0.2, 0.25) is 10.0 Å². The Morgan fingerprint density at radius 2 is 1.65 bits per heavy atom. The van der Waals surface area contributed by atoms with Crippen LogP contribution >= 0.6 is 23.2 Å². The van der Waals surface area contributed by atoms with Gasteiger partial charge in [0.1, 0.15) is 4.90 Å². The Labute approximate surface area is 226 Å². The topological polar surface area (TPSA) is 92.3 Å². The van der Waals surface area contributed by atoms with Crippen LogP contribution in [0, 0.1) is 0 Å². The Balaban J connectivity index is 1.63. The number of anilines is 1. The Morgan fingerprint density at radius 3 is 2.38 bits per heavy atom. The van der Waals surface area contributed by atoms with E-state index in [0.717, 1.165) is 12.0 Å². The molecule has 0 spiro atoms. The van der Waals surface area contributed by atoms with E-state index in [1.807, 2.05) is 48.3 Å². The molecule has 0 radical (unpaired) electrons. The molecule has 1 N–H and O–H groups in total. The monoisotopic (exact) mass is 554 g/mol. The molecule has 0 aliphatic rings. The zero-order valence-electron chi connectivity index (χ0n) is 19.9. The number of nitrogens with zero attached hydrogens (tertiary/aromatic N) is 3. The van der Waals surface area contributed by atoms with Crippen LogP contribution in [0.1, 0.15) is 27.2 Å². The Morgan fingerprint density at radius 1 is 0.946 bits per heavy atom. The van der Waals surface area contributed by atoms with Crippen LogP contribution in [0.25, 0.3) is 0 Å². The molecule has 1 heterocycles. The van der Waals surface area contributed by atoms with E-state index < -0.39 is 15.9 Å². The summed E-state index contributed by atoms with van der Waals surface area (Å²) in [5.74, 6) is -0.436. The number of carbonyl (C=O) groups is 1. The lowest BCUT2D eigenvalue weighted by Crippen LogP contribution is -2.32. The van der Waals surface area contributed by atoms with Crippen LogP contribution in [0.3, 0.4) is 0 Å². The van der Waals surface area contributed by atoms with Gasteiger partial charge in [0.25, 0.3) is 15.9 Å². The highest BCUT2D eigenvalue weighted by Crippen LogP contribution is 2.22. The quantitative estimate of drug-likeness (QED) is 0.306. The predicted octanol–water partition coefficient (Wildman–Crippen LogP) is 5.17. The zero-order chi connectivity index (χ0) is 26.4. The SMILES string of the molecule is CN(CCc1ccccc1)c1ncc(C(=O)NS(=O)(=O)c2ccccc2Cl)c(Cc2cccc(Cl)c2)n1. The molecule has 10 heteroatoms. The van der Waals surface area contributed by atoms with Gasteiger partial charge in [0.15, 0.2) is 0 Å². The van der Waals surface area contributed by atoms with E-state index in [1.165, 1.54) is 30.0 Å². The number of hydrogen-bond donors (Lipinski definition) is 1. The van der Waals surface area contributed by atoms with Crippen molar-refractivity contribution in [3.05, 3.63) is 117 Å². The minimum atomic E-state index is -4.22. The van der Waals surface area contributed by atoms with Crippen molar-refractivity contribution in [1.82, 2.24) is 14.7 Å². The summed E-state index contributed by atoms with van der Waals surface area (Å²) in [6, 6.07) is 23.1. The Kier molecular flexibility index (Phi) is 8.43. The molecule has 4 rings (SSSR count). The largest absolute Gasteiger partial charge is 0.344 e. The van der Waals surface area contributed by atoms with Gasteiger partial charge in [-0.3, -0.25) is 4.79 Å². The number of amides is 1. The first-order valence-electron chi connectivity index (χ1n) is 11.4. The van der Waals surface area contributed by atoms with E-state index >= 15 is 0 Å². The number of benzene rings is 3. The second-order valence-electron chi connectivity index (χ2n) is 8.36. The van der Waals surface area contributed by atoms with E-state index in [2.05, 4.69) is 14.7 Å². The number of sulfonamides is 1. The van der Waals surface area contributed by atoms with Gasteiger partial charge in [0.2, 0.25) is 5.95 Å². The molecule has 1 aromatic heterocycles. The third-order valence-electron chi connectivity index (χ3n) is 5.63. The van der Waals surface area contributed by atoms with Gasteiger partial charge in [0, 0.05) is 31.2 Å². The molecule has 0 saturated carbocycles. The van der Waals surface area contributed by atoms with Crippen LogP contribution < -0.4 is 9.62 Å². The molecule has 0 fully saturated rings. The molecule has 0 aliphatic carbocycles. The van der Waals surface area contributed by atoms with E-state index in [0.29, 0.717) is 23.2 Å². The van der Waals surface area contributed by atoms with Crippen LogP contribution in [-0.2, 0) is 22.9 Å². The number of carbonyl (C=O) groups excluding carboxylic acids is 1. The molecule has 0 bridgehead atoms. The van der Waals surface area contributed by atoms with Crippen LogP contribution in [0.15, 0.2) is 90.0 Å². The van der Waals surface area contributed by atoms with Crippen molar-refractivity contribution in [2.24, 2.45) is 0 Å². The highest BCUT2D eigenvalue weighted by molar-refractivity contribution is 7.90. The lowest BCUT2D eigenvalue weighted by molar-refractivity contribution is 0.0980. The summed E-state index contributed by atoms with van der Waals surface area (Å²) in [5.41, 5.74) is 2.39. The molecule has 0 atom stereocenters. The van der Waals surface area contributed by atoms with Crippen molar-refractivity contribution >= 4 is 45.1 Å². The fourth-order valence-corrected chi connectivity index (χ4v) is 5.39. The summed E-state index contributed by atoms with van der Waals surface area (Å²) in [6.45, 7) is 0.646. The molecule has 3 aromatic carbocycles. The molecular weight excluding hydrogens is 531 g/mol. The minimum absolute atomic E-state index is 0.00795. The lowest BCUT2D eigenvalue weighted by atomic mass is 10.1. The van der Waals surface area contributed by atoms with Gasteiger partial charge in [-0.25, -0.2) is 23.1 Å². The number of likely N-dealkylation sites (N-methyl/N-ethyl adjacent to an activating group) is 1. The summed E-state index contributed by atoms with van der Waals surface area (Å²) < 4.78 is 27.8. The second kappa shape index (κ2) is 11.7. The van der Waals surface area contributed by atoms with Crippen molar-refractivity contribution in [2.45, 2.75) is 17.7 Å². The second-order valence-corrected chi connectivity index (χ2v) is 10.9. The summed E-state index contributed by atoms with van der Waals surface area (Å²) in [4.78, 5) is 23.9. The summed E-state index contributed by atoms with van der Waals surface area (Å²) in [6.07, 6.45) is 2.37. The smallest absolute Gasteiger partial charge is 0.268 e. The number of rotatable bonds is 9. The first-order valence-corrected chi connectivity index (χ1v) is 13.6. The third-order valence-corrected chi connectivity index (χ3v) is 7.70. The normalized spacial score (nSPS) is 11.2. The van der Waals surface area contributed by atoms with Crippen molar-refractivity contribution in [3.8, 4) is 0 Å². The van der Waals surface area contributed by atoms with Crippen molar-refractivity contribution in [3.63, 3.8) is 0 Å². The third kappa shape index (κ3) is 6.85. The summed E-state index contributed by atoms with van der Waals surface area (Å²) in [7, 11) is -2.35. The molecule has 1 amide bonds. The van der Waals surface area contributed by atoms with Gasteiger partial charge in [-0.2, -0.15) is 0 Å². The van der Waals surface area contributed by atoms with Crippen molar-refractivity contribution < 1.29 is 13.2 Å². The van der Waals surface area contributed by atoms with E-state index in [4.69, 9.17) is 23.2 Å². The highest BCUT2D eigenvalue weighted by Gasteiger charge is 2.24. The molecule has 0 saturated heterocycles. The molecule has 7 nitrogen and oxygen atoms in total. The lowest BCUT2D eigenvalue weighted by Gasteiger charge is -2.19. The first-order chi connectivity index (χ1) is 17.7. The minimum Gasteiger partial charge on any atom is -0.344 e. The molecule has 0 unspecified atom stereocenters. The van der Waals surface area contributed by atoms with Gasteiger partial charge in [-0.05, 0) is 41.8 Å². The van der Waals surface area contributed by atoms with E-state index in [9.17, 15) is 13.2 Å².